The molecular weight excluding hydrogens is 308 g/mol. The lowest BCUT2D eigenvalue weighted by atomic mass is 10.3. The van der Waals surface area contributed by atoms with Gasteiger partial charge in [0.1, 0.15) is 10.8 Å². The summed E-state index contributed by atoms with van der Waals surface area (Å²) in [4.78, 5) is 17.3. The first kappa shape index (κ1) is 15.4. The monoisotopic (exact) mass is 326 g/mol. The van der Waals surface area contributed by atoms with Crippen LogP contribution in [0.15, 0.2) is 42.2 Å². The summed E-state index contributed by atoms with van der Waals surface area (Å²) in [7, 11) is 0. The molecule has 23 heavy (non-hydrogen) atoms. The number of hydrogen-bond acceptors (Lipinski definition) is 7. The van der Waals surface area contributed by atoms with E-state index in [4.69, 9.17) is 0 Å². The fourth-order valence-electron chi connectivity index (χ4n) is 2.07. The van der Waals surface area contributed by atoms with Crippen molar-refractivity contribution in [3.63, 3.8) is 0 Å². The fourth-order valence-corrected chi connectivity index (χ4v) is 2.94. The topological polar surface area (TPSA) is 75.6 Å². The normalized spacial score (nSPS) is 10.5. The van der Waals surface area contributed by atoms with Crippen molar-refractivity contribution >= 4 is 23.1 Å². The molecule has 118 valence electrons. The SMILES string of the molecule is CCNc1ccnc(NCCc2csc(-c3ccncc3)n2)n1. The molecule has 3 aromatic rings. The summed E-state index contributed by atoms with van der Waals surface area (Å²) in [5.41, 5.74) is 2.17. The maximum absolute atomic E-state index is 4.66. The molecule has 0 aromatic carbocycles. The predicted octanol–water partition coefficient (Wildman–Crippen LogP) is 3.08. The van der Waals surface area contributed by atoms with E-state index < -0.39 is 0 Å². The number of nitrogens with zero attached hydrogens (tertiary/aromatic N) is 4. The van der Waals surface area contributed by atoms with E-state index in [9.17, 15) is 0 Å². The van der Waals surface area contributed by atoms with Crippen LogP contribution in [-0.4, -0.2) is 33.0 Å². The first-order chi connectivity index (χ1) is 11.3. The Labute approximate surface area is 139 Å². The highest BCUT2D eigenvalue weighted by Crippen LogP contribution is 2.22. The van der Waals surface area contributed by atoms with Gasteiger partial charge in [0.15, 0.2) is 0 Å². The lowest BCUT2D eigenvalue weighted by molar-refractivity contribution is 0.953. The first-order valence-electron chi connectivity index (χ1n) is 7.50. The number of hydrogen-bond donors (Lipinski definition) is 2. The van der Waals surface area contributed by atoms with Crippen LogP contribution in [-0.2, 0) is 6.42 Å². The number of aromatic nitrogens is 4. The Morgan fingerprint density at radius 2 is 1.91 bits per heavy atom. The molecule has 0 aliphatic carbocycles. The van der Waals surface area contributed by atoms with Crippen LogP contribution >= 0.6 is 11.3 Å². The number of thiazole rings is 1. The van der Waals surface area contributed by atoms with Crippen LogP contribution in [0.25, 0.3) is 10.6 Å². The zero-order valence-electron chi connectivity index (χ0n) is 12.9. The predicted molar refractivity (Wildman–Crippen MR) is 93.7 cm³/mol. The Morgan fingerprint density at radius 3 is 2.74 bits per heavy atom. The highest BCUT2D eigenvalue weighted by atomic mass is 32.1. The molecule has 3 rings (SSSR count). The van der Waals surface area contributed by atoms with Gasteiger partial charge < -0.3 is 10.6 Å². The van der Waals surface area contributed by atoms with Crippen molar-refractivity contribution in [2.75, 3.05) is 23.7 Å². The van der Waals surface area contributed by atoms with E-state index in [2.05, 4.69) is 35.9 Å². The van der Waals surface area contributed by atoms with Crippen LogP contribution < -0.4 is 10.6 Å². The molecule has 0 amide bonds. The number of nitrogens with one attached hydrogen (secondary N) is 2. The fraction of sp³-hybridized carbons (Fsp3) is 0.250. The van der Waals surface area contributed by atoms with E-state index in [1.54, 1.807) is 29.9 Å². The molecule has 3 heterocycles. The molecular formula is C16H18N6S. The van der Waals surface area contributed by atoms with Crippen LogP contribution in [0.4, 0.5) is 11.8 Å². The lowest BCUT2D eigenvalue weighted by Gasteiger charge is -2.06. The van der Waals surface area contributed by atoms with Crippen molar-refractivity contribution in [2.24, 2.45) is 0 Å². The van der Waals surface area contributed by atoms with Gasteiger partial charge in [-0.15, -0.1) is 11.3 Å². The average Bonchev–Trinajstić information content (AvgIpc) is 3.05. The minimum absolute atomic E-state index is 0.632. The largest absolute Gasteiger partial charge is 0.370 e. The second-order valence-electron chi connectivity index (χ2n) is 4.85. The Balaban J connectivity index is 1.55. The highest BCUT2D eigenvalue weighted by Gasteiger charge is 2.05. The summed E-state index contributed by atoms with van der Waals surface area (Å²) in [6.07, 6.45) is 6.15. The molecule has 0 spiro atoms. The van der Waals surface area contributed by atoms with Gasteiger partial charge in [0.2, 0.25) is 5.95 Å². The van der Waals surface area contributed by atoms with Crippen molar-refractivity contribution in [1.82, 2.24) is 19.9 Å². The number of rotatable bonds is 7. The molecule has 2 N–H and O–H groups in total. The van der Waals surface area contributed by atoms with Crippen LogP contribution in [0.3, 0.4) is 0 Å². The number of pyridine rings is 1. The maximum Gasteiger partial charge on any atom is 0.224 e. The summed E-state index contributed by atoms with van der Waals surface area (Å²) >= 11 is 1.65. The minimum Gasteiger partial charge on any atom is -0.370 e. The van der Waals surface area contributed by atoms with Gasteiger partial charge in [-0.3, -0.25) is 4.98 Å². The van der Waals surface area contributed by atoms with Crippen molar-refractivity contribution in [2.45, 2.75) is 13.3 Å². The third-order valence-corrected chi connectivity index (χ3v) is 4.10. The zero-order chi connectivity index (χ0) is 15.9. The second-order valence-corrected chi connectivity index (χ2v) is 5.71. The average molecular weight is 326 g/mol. The summed E-state index contributed by atoms with van der Waals surface area (Å²) in [5.74, 6) is 1.46. The van der Waals surface area contributed by atoms with Crippen molar-refractivity contribution in [3.05, 3.63) is 47.9 Å². The van der Waals surface area contributed by atoms with E-state index in [1.807, 2.05) is 25.1 Å². The van der Waals surface area contributed by atoms with E-state index >= 15 is 0 Å². The quantitative estimate of drug-likeness (QED) is 0.695. The van der Waals surface area contributed by atoms with E-state index in [0.717, 1.165) is 41.6 Å². The van der Waals surface area contributed by atoms with Crippen molar-refractivity contribution in [3.8, 4) is 10.6 Å². The lowest BCUT2D eigenvalue weighted by Crippen LogP contribution is -2.09. The zero-order valence-corrected chi connectivity index (χ0v) is 13.7. The standard InChI is InChI=1S/C16H18N6S/c1-2-18-14-6-10-20-16(22-14)19-9-5-13-11-23-15(21-13)12-3-7-17-8-4-12/h3-4,6-8,10-11H,2,5,9H2,1H3,(H2,18,19,20,22). The molecule has 7 heteroatoms. The maximum atomic E-state index is 4.66. The first-order valence-corrected chi connectivity index (χ1v) is 8.38. The molecule has 0 saturated carbocycles. The van der Waals surface area contributed by atoms with Gasteiger partial charge in [-0.25, -0.2) is 9.97 Å². The van der Waals surface area contributed by atoms with Gasteiger partial charge in [0, 0.05) is 49.0 Å². The highest BCUT2D eigenvalue weighted by molar-refractivity contribution is 7.13. The number of anilines is 2. The van der Waals surface area contributed by atoms with E-state index in [-0.39, 0.29) is 0 Å². The Kier molecular flexibility index (Phi) is 5.10. The summed E-state index contributed by atoms with van der Waals surface area (Å²) in [6, 6.07) is 5.80. The van der Waals surface area contributed by atoms with E-state index in [1.165, 1.54) is 0 Å². The summed E-state index contributed by atoms with van der Waals surface area (Å²) < 4.78 is 0. The minimum atomic E-state index is 0.632. The molecule has 0 fully saturated rings. The van der Waals surface area contributed by atoms with Crippen LogP contribution in [0.5, 0.6) is 0 Å². The molecule has 0 aliphatic rings. The van der Waals surface area contributed by atoms with Crippen molar-refractivity contribution < 1.29 is 0 Å². The third-order valence-electron chi connectivity index (χ3n) is 3.16. The Bertz CT molecular complexity index is 743. The van der Waals surface area contributed by atoms with Gasteiger partial charge in [-0.05, 0) is 25.1 Å². The molecule has 0 saturated heterocycles. The Hall–Kier alpha value is -2.54. The molecule has 6 nitrogen and oxygen atoms in total. The second kappa shape index (κ2) is 7.64. The molecule has 0 atom stereocenters. The Morgan fingerprint density at radius 1 is 1.04 bits per heavy atom. The molecule has 0 unspecified atom stereocenters. The van der Waals surface area contributed by atoms with Gasteiger partial charge in [0.25, 0.3) is 0 Å². The molecule has 0 radical (unpaired) electrons. The summed E-state index contributed by atoms with van der Waals surface area (Å²) in [5, 5.41) is 9.52. The van der Waals surface area contributed by atoms with Gasteiger partial charge >= 0.3 is 0 Å². The van der Waals surface area contributed by atoms with Crippen LogP contribution in [0.1, 0.15) is 12.6 Å². The van der Waals surface area contributed by atoms with E-state index in [0.29, 0.717) is 5.95 Å². The molecule has 3 aromatic heterocycles. The molecule has 0 aliphatic heterocycles. The van der Waals surface area contributed by atoms with Gasteiger partial charge in [0.05, 0.1) is 5.69 Å². The van der Waals surface area contributed by atoms with Crippen LogP contribution in [0, 0.1) is 0 Å². The smallest absolute Gasteiger partial charge is 0.224 e. The third kappa shape index (κ3) is 4.23. The van der Waals surface area contributed by atoms with Crippen LogP contribution in [0.2, 0.25) is 0 Å². The van der Waals surface area contributed by atoms with Gasteiger partial charge in [-0.2, -0.15) is 4.98 Å². The molecule has 0 bridgehead atoms. The van der Waals surface area contributed by atoms with Crippen molar-refractivity contribution in [1.29, 1.82) is 0 Å². The van der Waals surface area contributed by atoms with Gasteiger partial charge in [-0.1, -0.05) is 0 Å². The summed E-state index contributed by atoms with van der Waals surface area (Å²) in [6.45, 7) is 3.62.